The van der Waals surface area contributed by atoms with Crippen LogP contribution in [0.2, 0.25) is 5.02 Å². The first-order chi connectivity index (χ1) is 14.5. The zero-order chi connectivity index (χ0) is 20.6. The van der Waals surface area contributed by atoms with Crippen LogP contribution in [0.1, 0.15) is 16.8 Å². The fourth-order valence-electron chi connectivity index (χ4n) is 5.64. The van der Waals surface area contributed by atoms with Crippen LogP contribution >= 0.6 is 11.6 Å². The number of para-hydroxylation sites is 1. The first kappa shape index (κ1) is 17.9. The molecule has 0 N–H and O–H groups in total. The van der Waals surface area contributed by atoms with Gasteiger partial charge in [-0.2, -0.15) is 0 Å². The van der Waals surface area contributed by atoms with E-state index in [9.17, 15) is 14.4 Å². The lowest BCUT2D eigenvalue weighted by atomic mass is 9.63. The number of anilines is 1. The van der Waals surface area contributed by atoms with Crippen molar-refractivity contribution in [2.24, 2.45) is 35.5 Å². The first-order valence-corrected chi connectivity index (χ1v) is 10.6. The molecule has 30 heavy (non-hydrogen) atoms. The molecule has 5 nitrogen and oxygen atoms in total. The van der Waals surface area contributed by atoms with Crippen molar-refractivity contribution in [2.45, 2.75) is 6.42 Å². The number of amides is 2. The van der Waals surface area contributed by atoms with Crippen LogP contribution in [-0.2, 0) is 9.59 Å². The molecule has 0 aromatic heterocycles. The van der Waals surface area contributed by atoms with Crippen molar-refractivity contribution < 1.29 is 19.1 Å². The number of hydrogen-bond donors (Lipinski definition) is 0. The second-order valence-electron chi connectivity index (χ2n) is 8.53. The number of benzene rings is 2. The van der Waals surface area contributed by atoms with Crippen molar-refractivity contribution >= 4 is 35.1 Å². The molecule has 0 spiro atoms. The fourth-order valence-corrected chi connectivity index (χ4v) is 5.82. The number of allylic oxidation sites excluding steroid dienone is 2. The molecule has 5 aliphatic rings. The van der Waals surface area contributed by atoms with Crippen molar-refractivity contribution in [1.82, 2.24) is 0 Å². The number of carbonyl (C=O) groups excluding carboxylic acids is 3. The van der Waals surface area contributed by atoms with Gasteiger partial charge in [0.15, 0.2) is 0 Å². The van der Waals surface area contributed by atoms with Gasteiger partial charge in [0.1, 0.15) is 5.75 Å². The van der Waals surface area contributed by atoms with Gasteiger partial charge >= 0.3 is 5.97 Å². The molecule has 2 bridgehead atoms. The summed E-state index contributed by atoms with van der Waals surface area (Å²) in [5.41, 5.74) is 0.819. The second-order valence-corrected chi connectivity index (χ2v) is 8.94. The Bertz CT molecular complexity index is 1090. The Labute approximate surface area is 178 Å². The lowest BCUT2D eigenvalue weighted by Gasteiger charge is -2.37. The maximum absolute atomic E-state index is 13.2. The van der Waals surface area contributed by atoms with Crippen molar-refractivity contribution in [3.63, 3.8) is 0 Å². The van der Waals surface area contributed by atoms with E-state index >= 15 is 0 Å². The van der Waals surface area contributed by atoms with E-state index < -0.39 is 5.97 Å². The summed E-state index contributed by atoms with van der Waals surface area (Å²) >= 11 is 6.04. The SMILES string of the molecule is O=C(Oc1ccccc1Cl)c1ccc(N2C(=O)[C@@H]3[C@H]4C=C[C@@H]([C@@H]5C[C@@H]45)[C@@H]3C2=O)cc1. The molecule has 7 rings (SSSR count). The molecule has 3 fully saturated rings. The largest absolute Gasteiger partial charge is 0.421 e. The summed E-state index contributed by atoms with van der Waals surface area (Å²) in [4.78, 5) is 40.1. The summed E-state index contributed by atoms with van der Waals surface area (Å²) in [6.45, 7) is 0. The number of ether oxygens (including phenoxy) is 1. The van der Waals surface area contributed by atoms with E-state index in [1.807, 2.05) is 0 Å². The predicted octanol–water partition coefficient (Wildman–Crippen LogP) is 4.12. The Morgan fingerprint density at radius 2 is 1.50 bits per heavy atom. The molecule has 1 aliphatic heterocycles. The zero-order valence-corrected chi connectivity index (χ0v) is 16.7. The lowest BCUT2D eigenvalue weighted by Crippen LogP contribution is -2.40. The summed E-state index contributed by atoms with van der Waals surface area (Å²) in [5.74, 6) is 0.561. The molecule has 4 aliphatic carbocycles. The van der Waals surface area contributed by atoms with Crippen molar-refractivity contribution in [1.29, 1.82) is 0 Å². The number of esters is 1. The monoisotopic (exact) mass is 419 g/mol. The lowest BCUT2D eigenvalue weighted by molar-refractivity contribution is -0.124. The van der Waals surface area contributed by atoms with Gasteiger partial charge in [0, 0.05) is 0 Å². The highest BCUT2D eigenvalue weighted by Gasteiger charge is 2.67. The number of imide groups is 1. The third-order valence-corrected chi connectivity index (χ3v) is 7.38. The van der Waals surface area contributed by atoms with Crippen LogP contribution < -0.4 is 9.64 Å². The van der Waals surface area contributed by atoms with Crippen LogP contribution in [0.25, 0.3) is 0 Å². The standard InChI is InChI=1S/C24H18ClNO4/c25-18-3-1-2-4-19(18)30-24(29)12-5-7-13(8-6-12)26-22(27)20-14-9-10-15(17-11-16(14)17)21(20)23(26)28/h1-10,14-17,20-21H,11H2/t14-,15-,16-,17-,20-,21+/m0/s1. The Morgan fingerprint density at radius 3 is 2.10 bits per heavy atom. The van der Waals surface area contributed by atoms with E-state index in [-0.39, 0.29) is 41.2 Å². The number of halogens is 1. The first-order valence-electron chi connectivity index (χ1n) is 10.2. The molecule has 2 amide bonds. The molecule has 6 atom stereocenters. The molecule has 6 heteroatoms. The molecule has 2 saturated carbocycles. The Hall–Kier alpha value is -2.92. The van der Waals surface area contributed by atoms with E-state index in [2.05, 4.69) is 12.2 Å². The minimum Gasteiger partial charge on any atom is -0.421 e. The van der Waals surface area contributed by atoms with Gasteiger partial charge in [-0.05, 0) is 66.5 Å². The predicted molar refractivity (Wildman–Crippen MR) is 110 cm³/mol. The molecule has 1 saturated heterocycles. The van der Waals surface area contributed by atoms with Crippen LogP contribution in [0.15, 0.2) is 60.7 Å². The molecule has 0 radical (unpaired) electrons. The van der Waals surface area contributed by atoms with Crippen LogP contribution in [-0.4, -0.2) is 17.8 Å². The van der Waals surface area contributed by atoms with Gasteiger partial charge in [-0.15, -0.1) is 0 Å². The second kappa shape index (κ2) is 6.29. The average molecular weight is 420 g/mol. The van der Waals surface area contributed by atoms with Crippen molar-refractivity contribution in [3.05, 3.63) is 71.3 Å². The van der Waals surface area contributed by atoms with Gasteiger partial charge in [0.25, 0.3) is 0 Å². The Kier molecular flexibility index (Phi) is 3.75. The van der Waals surface area contributed by atoms with Crippen molar-refractivity contribution in [3.8, 4) is 5.75 Å². The van der Waals surface area contributed by atoms with Gasteiger partial charge in [-0.1, -0.05) is 35.9 Å². The molecule has 150 valence electrons. The van der Waals surface area contributed by atoms with Crippen LogP contribution in [0.4, 0.5) is 5.69 Å². The quantitative estimate of drug-likeness (QED) is 0.325. The zero-order valence-electron chi connectivity index (χ0n) is 15.9. The van der Waals surface area contributed by atoms with Gasteiger partial charge in [-0.3, -0.25) is 14.5 Å². The maximum Gasteiger partial charge on any atom is 0.343 e. The Balaban J connectivity index is 1.24. The highest BCUT2D eigenvalue weighted by molar-refractivity contribution is 6.32. The van der Waals surface area contributed by atoms with Gasteiger partial charge in [-0.25, -0.2) is 4.79 Å². The summed E-state index contributed by atoms with van der Waals surface area (Å²) < 4.78 is 5.34. The molecule has 2 aromatic rings. The number of carbonyl (C=O) groups is 3. The number of hydrogen-bond acceptors (Lipinski definition) is 4. The highest BCUT2D eigenvalue weighted by atomic mass is 35.5. The maximum atomic E-state index is 13.2. The van der Waals surface area contributed by atoms with E-state index in [1.54, 1.807) is 48.5 Å². The smallest absolute Gasteiger partial charge is 0.343 e. The van der Waals surface area contributed by atoms with E-state index in [1.165, 1.54) is 4.90 Å². The minimum absolute atomic E-state index is 0.110. The van der Waals surface area contributed by atoms with Crippen LogP contribution in [0.3, 0.4) is 0 Å². The number of nitrogens with zero attached hydrogens (tertiary/aromatic N) is 1. The topological polar surface area (TPSA) is 63.7 Å². The minimum atomic E-state index is -0.551. The van der Waals surface area contributed by atoms with E-state index in [4.69, 9.17) is 16.3 Å². The van der Waals surface area contributed by atoms with Crippen LogP contribution in [0, 0.1) is 35.5 Å². The van der Waals surface area contributed by atoms with Crippen LogP contribution in [0.5, 0.6) is 5.75 Å². The summed E-state index contributed by atoms with van der Waals surface area (Å²) in [5, 5.41) is 0.347. The molecule has 0 unspecified atom stereocenters. The van der Waals surface area contributed by atoms with E-state index in [0.29, 0.717) is 28.1 Å². The van der Waals surface area contributed by atoms with E-state index in [0.717, 1.165) is 6.42 Å². The third kappa shape index (κ3) is 2.45. The fraction of sp³-hybridized carbons (Fsp3) is 0.292. The highest BCUT2D eigenvalue weighted by Crippen LogP contribution is 2.65. The van der Waals surface area contributed by atoms with Crippen molar-refractivity contribution in [2.75, 3.05) is 4.90 Å². The Morgan fingerprint density at radius 1 is 0.900 bits per heavy atom. The molecule has 2 aromatic carbocycles. The summed E-state index contributed by atoms with van der Waals surface area (Å²) in [6.07, 6.45) is 5.45. The molecular weight excluding hydrogens is 402 g/mol. The van der Waals surface area contributed by atoms with Gasteiger partial charge < -0.3 is 4.74 Å². The third-order valence-electron chi connectivity index (χ3n) is 7.06. The summed E-state index contributed by atoms with van der Waals surface area (Å²) in [7, 11) is 0. The molecular formula is C24H18ClNO4. The summed E-state index contributed by atoms with van der Waals surface area (Å²) in [6, 6.07) is 13.1. The van der Waals surface area contributed by atoms with Gasteiger partial charge in [0.05, 0.1) is 28.1 Å². The van der Waals surface area contributed by atoms with Gasteiger partial charge in [0.2, 0.25) is 11.8 Å². The average Bonchev–Trinajstić information content (AvgIpc) is 3.53. The number of rotatable bonds is 3. The normalized spacial score (nSPS) is 32.8. The molecule has 1 heterocycles.